The Labute approximate surface area is 172 Å². The molecular weight excluding hydrogens is 374 g/mol. The molecule has 2 aromatic heterocycles. The van der Waals surface area contributed by atoms with E-state index in [1.54, 1.807) is 7.11 Å². The molecule has 1 fully saturated rings. The van der Waals surface area contributed by atoms with E-state index >= 15 is 0 Å². The highest BCUT2D eigenvalue weighted by Gasteiger charge is 2.25. The summed E-state index contributed by atoms with van der Waals surface area (Å²) in [6, 6.07) is 10.7. The number of aromatic nitrogens is 1. The lowest BCUT2D eigenvalue weighted by Gasteiger charge is -2.37. The highest BCUT2D eigenvalue weighted by Crippen LogP contribution is 2.29. The number of fused-ring (bicyclic) bond motifs is 1. The number of halogens is 1. The second-order valence-electron chi connectivity index (χ2n) is 7.23. The number of aryl methyl sites for hydroxylation is 2. The number of anilines is 1. The van der Waals surface area contributed by atoms with Crippen molar-refractivity contribution in [1.82, 2.24) is 10.3 Å². The van der Waals surface area contributed by atoms with E-state index in [1.807, 2.05) is 24.6 Å². The van der Waals surface area contributed by atoms with Crippen molar-refractivity contribution >= 4 is 29.2 Å². The molecule has 28 heavy (non-hydrogen) atoms. The number of nitrogens with zero attached hydrogens (tertiary/aromatic N) is 2. The van der Waals surface area contributed by atoms with Gasteiger partial charge < -0.3 is 19.4 Å². The minimum absolute atomic E-state index is 0. The molecule has 5 nitrogen and oxygen atoms in total. The fourth-order valence-corrected chi connectivity index (χ4v) is 3.97. The number of hydrogen-bond acceptors (Lipinski definition) is 5. The van der Waals surface area contributed by atoms with E-state index in [1.165, 1.54) is 16.5 Å². The van der Waals surface area contributed by atoms with Gasteiger partial charge in [0, 0.05) is 37.3 Å². The Kier molecular flexibility index (Phi) is 6.81. The number of methoxy groups -OCH3 is 1. The minimum atomic E-state index is 0. The van der Waals surface area contributed by atoms with Crippen LogP contribution in [0.1, 0.15) is 24.0 Å². The van der Waals surface area contributed by atoms with Gasteiger partial charge in [0.25, 0.3) is 0 Å². The van der Waals surface area contributed by atoms with Crippen LogP contribution in [-0.2, 0) is 6.42 Å². The molecule has 1 unspecified atom stereocenters. The number of benzene rings is 1. The van der Waals surface area contributed by atoms with Crippen molar-refractivity contribution in [2.45, 2.75) is 32.2 Å². The van der Waals surface area contributed by atoms with Gasteiger partial charge in [-0.15, -0.1) is 12.4 Å². The topological polar surface area (TPSA) is 50.5 Å². The van der Waals surface area contributed by atoms with Gasteiger partial charge in [-0.25, -0.2) is 4.98 Å². The predicted molar refractivity (Wildman–Crippen MR) is 116 cm³/mol. The zero-order chi connectivity index (χ0) is 18.6. The lowest BCUT2D eigenvalue weighted by molar-refractivity contribution is 0.398. The van der Waals surface area contributed by atoms with Crippen LogP contribution >= 0.6 is 12.4 Å². The van der Waals surface area contributed by atoms with Gasteiger partial charge in [-0.2, -0.15) is 0 Å². The normalized spacial score (nSPS) is 16.8. The van der Waals surface area contributed by atoms with Gasteiger partial charge in [0.2, 0.25) is 0 Å². The number of ether oxygens (including phenoxy) is 1. The summed E-state index contributed by atoms with van der Waals surface area (Å²) < 4.78 is 11.3. The van der Waals surface area contributed by atoms with Gasteiger partial charge in [0.05, 0.1) is 13.4 Å². The molecule has 1 N–H and O–H groups in total. The summed E-state index contributed by atoms with van der Waals surface area (Å²) in [4.78, 5) is 6.99. The van der Waals surface area contributed by atoms with Gasteiger partial charge in [-0.05, 0) is 56.0 Å². The number of hydrogen-bond donors (Lipinski definition) is 1. The molecule has 1 atom stereocenters. The first-order valence-corrected chi connectivity index (χ1v) is 9.69. The van der Waals surface area contributed by atoms with Crippen LogP contribution in [0.4, 0.5) is 5.82 Å². The van der Waals surface area contributed by atoms with Crippen LogP contribution in [0.25, 0.3) is 11.0 Å². The molecule has 150 valence electrons. The van der Waals surface area contributed by atoms with E-state index in [0.29, 0.717) is 6.04 Å². The second kappa shape index (κ2) is 9.30. The average molecular weight is 402 g/mol. The first kappa shape index (κ1) is 20.5. The Balaban J connectivity index is 0.00000225. The Morgan fingerprint density at radius 3 is 3.07 bits per heavy atom. The molecule has 1 aliphatic rings. The van der Waals surface area contributed by atoms with Crippen LogP contribution < -0.4 is 15.0 Å². The molecule has 6 heteroatoms. The van der Waals surface area contributed by atoms with Gasteiger partial charge in [0.1, 0.15) is 5.58 Å². The Morgan fingerprint density at radius 1 is 1.32 bits per heavy atom. The number of furan rings is 1. The van der Waals surface area contributed by atoms with Crippen molar-refractivity contribution in [2.24, 2.45) is 0 Å². The van der Waals surface area contributed by atoms with E-state index in [4.69, 9.17) is 9.15 Å². The minimum Gasteiger partial charge on any atom is -0.493 e. The van der Waals surface area contributed by atoms with Crippen LogP contribution in [0, 0.1) is 6.92 Å². The third-order valence-corrected chi connectivity index (χ3v) is 5.39. The standard InChI is InChI=1S/C22H27N3O2.ClH/c1-16-8-9-20-19(13-16)17(15-27-20)5-3-6-18-14-23-11-12-25(18)22-21(26-2)7-4-10-24-22;/h4,7-10,13,15,18,23H,3,5-6,11-12,14H2,1-2H3;1H. The first-order chi connectivity index (χ1) is 13.3. The van der Waals surface area contributed by atoms with Crippen molar-refractivity contribution < 1.29 is 9.15 Å². The molecule has 1 aromatic carbocycles. The van der Waals surface area contributed by atoms with Gasteiger partial charge in [-0.1, -0.05) is 11.6 Å². The zero-order valence-corrected chi connectivity index (χ0v) is 17.3. The predicted octanol–water partition coefficient (Wildman–Crippen LogP) is 4.37. The maximum Gasteiger partial charge on any atom is 0.171 e. The number of rotatable bonds is 6. The number of nitrogens with one attached hydrogen (secondary N) is 1. The highest BCUT2D eigenvalue weighted by atomic mass is 35.5. The Bertz CT molecular complexity index is 912. The van der Waals surface area contributed by atoms with Gasteiger partial charge in [0.15, 0.2) is 11.6 Å². The van der Waals surface area contributed by atoms with Crippen molar-refractivity contribution in [2.75, 3.05) is 31.6 Å². The fourth-order valence-electron chi connectivity index (χ4n) is 3.97. The monoisotopic (exact) mass is 401 g/mol. The third kappa shape index (κ3) is 4.26. The van der Waals surface area contributed by atoms with E-state index in [9.17, 15) is 0 Å². The molecule has 0 spiro atoms. The van der Waals surface area contributed by atoms with Crippen LogP contribution in [0.2, 0.25) is 0 Å². The first-order valence-electron chi connectivity index (χ1n) is 9.69. The molecule has 0 bridgehead atoms. The van der Waals surface area contributed by atoms with Crippen molar-refractivity contribution in [1.29, 1.82) is 0 Å². The molecule has 0 amide bonds. The molecule has 3 aromatic rings. The molecule has 0 radical (unpaired) electrons. The maximum absolute atomic E-state index is 5.72. The molecule has 1 saturated heterocycles. The van der Waals surface area contributed by atoms with Crippen LogP contribution in [0.3, 0.4) is 0 Å². The number of piperazine rings is 1. The van der Waals surface area contributed by atoms with Gasteiger partial charge in [-0.3, -0.25) is 0 Å². The summed E-state index contributed by atoms with van der Waals surface area (Å²) in [6.45, 7) is 5.03. The van der Waals surface area contributed by atoms with E-state index in [2.05, 4.69) is 40.3 Å². The highest BCUT2D eigenvalue weighted by molar-refractivity contribution is 5.85. The van der Waals surface area contributed by atoms with E-state index in [-0.39, 0.29) is 12.4 Å². The van der Waals surface area contributed by atoms with Crippen LogP contribution in [-0.4, -0.2) is 37.8 Å². The average Bonchev–Trinajstić information content (AvgIpc) is 3.10. The summed E-state index contributed by atoms with van der Waals surface area (Å²) in [6.07, 6.45) is 7.01. The number of pyridine rings is 1. The van der Waals surface area contributed by atoms with Crippen molar-refractivity contribution in [3.63, 3.8) is 0 Å². The largest absolute Gasteiger partial charge is 0.493 e. The quantitative estimate of drug-likeness (QED) is 0.664. The molecule has 3 heterocycles. The van der Waals surface area contributed by atoms with E-state index in [0.717, 1.165) is 56.0 Å². The Morgan fingerprint density at radius 2 is 2.21 bits per heavy atom. The summed E-state index contributed by atoms with van der Waals surface area (Å²) in [5.74, 6) is 1.80. The van der Waals surface area contributed by atoms with E-state index < -0.39 is 0 Å². The smallest absolute Gasteiger partial charge is 0.171 e. The summed E-state index contributed by atoms with van der Waals surface area (Å²) in [7, 11) is 1.71. The van der Waals surface area contributed by atoms with Crippen LogP contribution in [0.5, 0.6) is 5.75 Å². The lowest BCUT2D eigenvalue weighted by atomic mass is 10.0. The van der Waals surface area contributed by atoms with Crippen molar-refractivity contribution in [3.05, 3.63) is 53.9 Å². The van der Waals surface area contributed by atoms with Gasteiger partial charge >= 0.3 is 0 Å². The summed E-state index contributed by atoms with van der Waals surface area (Å²) in [5, 5.41) is 4.77. The fraction of sp³-hybridized carbons (Fsp3) is 0.409. The lowest BCUT2D eigenvalue weighted by Crippen LogP contribution is -2.51. The molecular formula is C22H28ClN3O2. The zero-order valence-electron chi connectivity index (χ0n) is 16.5. The van der Waals surface area contributed by atoms with Crippen molar-refractivity contribution in [3.8, 4) is 5.75 Å². The summed E-state index contributed by atoms with van der Waals surface area (Å²) >= 11 is 0. The van der Waals surface area contributed by atoms with Crippen LogP contribution in [0.15, 0.2) is 47.2 Å². The Hall–Kier alpha value is -2.24. The molecule has 4 rings (SSSR count). The third-order valence-electron chi connectivity index (χ3n) is 5.39. The molecule has 1 aliphatic heterocycles. The SMILES string of the molecule is COc1cccnc1N1CCNCC1CCCc1coc2ccc(C)cc12.Cl. The molecule has 0 saturated carbocycles. The summed E-state index contributed by atoms with van der Waals surface area (Å²) in [5.41, 5.74) is 3.56. The molecule has 0 aliphatic carbocycles. The maximum atomic E-state index is 5.72. The second-order valence-corrected chi connectivity index (χ2v) is 7.23.